The number of rotatable bonds is 13. The van der Waals surface area contributed by atoms with Crippen LogP contribution < -0.4 is 0 Å². The molecule has 4 nitrogen and oxygen atoms in total. The molecule has 2 fully saturated rings. The molecule has 4 heteroatoms. The maximum absolute atomic E-state index is 10.5. The van der Waals surface area contributed by atoms with E-state index < -0.39 is 0 Å². The maximum Gasteiger partial charge on any atom is 0.293 e. The lowest BCUT2D eigenvalue weighted by atomic mass is 9.97. The Balaban J connectivity index is 1.41. The Morgan fingerprint density at radius 1 is 0.963 bits per heavy atom. The molecule has 1 aromatic rings. The summed E-state index contributed by atoms with van der Waals surface area (Å²) in [5.74, 6) is 0.0418. The van der Waals surface area contributed by atoms with Crippen LogP contribution in [0.5, 0.6) is 11.5 Å². The molecule has 0 aromatic heterocycles. The first-order chi connectivity index (χ1) is 13.0. The molecule has 2 aliphatic carbocycles. The SMILES string of the molecule is CC1(CCCCCc2cc(CCCCC3(OC=O)CC3)cc(O)c2O)CC1. The zero-order valence-electron chi connectivity index (χ0n) is 16.6. The number of phenols is 2. The van der Waals surface area contributed by atoms with E-state index in [0.29, 0.717) is 11.9 Å². The van der Waals surface area contributed by atoms with Crippen LogP contribution >= 0.6 is 0 Å². The summed E-state index contributed by atoms with van der Waals surface area (Å²) in [5.41, 5.74) is 2.38. The van der Waals surface area contributed by atoms with Gasteiger partial charge in [-0.05, 0) is 93.2 Å². The second-order valence-corrected chi connectivity index (χ2v) is 9.10. The molecule has 0 atom stereocenters. The largest absolute Gasteiger partial charge is 0.504 e. The highest BCUT2D eigenvalue weighted by Crippen LogP contribution is 2.49. The molecule has 0 amide bonds. The first-order valence-corrected chi connectivity index (χ1v) is 10.6. The van der Waals surface area contributed by atoms with E-state index in [2.05, 4.69) is 6.92 Å². The molecule has 0 radical (unpaired) electrons. The number of hydrogen-bond donors (Lipinski definition) is 2. The molecule has 0 saturated heterocycles. The summed E-state index contributed by atoms with van der Waals surface area (Å²) in [6.07, 6.45) is 14.1. The standard InChI is InChI=1S/C23H34O4/c1-22(11-12-22)9-5-2-3-8-19-15-18(16-20(25)21(19)26)7-4-6-10-23(13-14-23)27-17-24/h15-17,25-26H,2-14H2,1H3. The van der Waals surface area contributed by atoms with Gasteiger partial charge in [0, 0.05) is 0 Å². The van der Waals surface area contributed by atoms with Crippen molar-refractivity contribution in [2.75, 3.05) is 0 Å². The van der Waals surface area contributed by atoms with Crippen molar-refractivity contribution in [2.24, 2.45) is 5.41 Å². The summed E-state index contributed by atoms with van der Waals surface area (Å²) in [7, 11) is 0. The van der Waals surface area contributed by atoms with Crippen LogP contribution in [0.1, 0.15) is 88.7 Å². The van der Waals surface area contributed by atoms with Crippen molar-refractivity contribution in [2.45, 2.75) is 96.0 Å². The summed E-state index contributed by atoms with van der Waals surface area (Å²) in [5, 5.41) is 20.2. The Kier molecular flexibility index (Phi) is 6.33. The van der Waals surface area contributed by atoms with Crippen LogP contribution in [0.4, 0.5) is 0 Å². The van der Waals surface area contributed by atoms with Crippen LogP contribution in [0, 0.1) is 5.41 Å². The summed E-state index contributed by atoms with van der Waals surface area (Å²) in [6.45, 7) is 2.94. The number of aryl methyl sites for hydroxylation is 2. The van der Waals surface area contributed by atoms with E-state index in [0.717, 1.165) is 62.5 Å². The minimum Gasteiger partial charge on any atom is -0.504 e. The Hall–Kier alpha value is -1.71. The van der Waals surface area contributed by atoms with Gasteiger partial charge in [-0.15, -0.1) is 0 Å². The van der Waals surface area contributed by atoms with E-state index in [4.69, 9.17) is 4.74 Å². The van der Waals surface area contributed by atoms with Gasteiger partial charge in [0.2, 0.25) is 0 Å². The molecule has 27 heavy (non-hydrogen) atoms. The van der Waals surface area contributed by atoms with Gasteiger partial charge < -0.3 is 14.9 Å². The lowest BCUT2D eigenvalue weighted by molar-refractivity contribution is -0.135. The number of carbonyl (C=O) groups is 1. The van der Waals surface area contributed by atoms with E-state index >= 15 is 0 Å². The number of hydrogen-bond acceptors (Lipinski definition) is 4. The highest BCUT2D eigenvalue weighted by molar-refractivity contribution is 5.47. The van der Waals surface area contributed by atoms with Gasteiger partial charge in [0.1, 0.15) is 5.60 Å². The van der Waals surface area contributed by atoms with Gasteiger partial charge in [-0.2, -0.15) is 0 Å². The monoisotopic (exact) mass is 374 g/mol. The molecule has 150 valence electrons. The van der Waals surface area contributed by atoms with Gasteiger partial charge in [-0.25, -0.2) is 0 Å². The van der Waals surface area contributed by atoms with Gasteiger partial charge in [0.25, 0.3) is 6.47 Å². The van der Waals surface area contributed by atoms with Gasteiger partial charge >= 0.3 is 0 Å². The van der Waals surface area contributed by atoms with Crippen LogP contribution in [0.3, 0.4) is 0 Å². The number of carbonyl (C=O) groups excluding carboxylic acids is 1. The van der Waals surface area contributed by atoms with E-state index in [9.17, 15) is 15.0 Å². The van der Waals surface area contributed by atoms with Crippen LogP contribution in [0.15, 0.2) is 12.1 Å². The number of unbranched alkanes of at least 4 members (excludes halogenated alkanes) is 3. The Morgan fingerprint density at radius 2 is 1.67 bits per heavy atom. The number of benzene rings is 1. The van der Waals surface area contributed by atoms with E-state index in [1.165, 1.54) is 32.1 Å². The number of ether oxygens (including phenoxy) is 1. The van der Waals surface area contributed by atoms with Crippen molar-refractivity contribution in [1.29, 1.82) is 0 Å². The average Bonchev–Trinajstić information content (AvgIpc) is 3.55. The van der Waals surface area contributed by atoms with Crippen molar-refractivity contribution in [3.05, 3.63) is 23.3 Å². The first-order valence-electron chi connectivity index (χ1n) is 10.6. The third-order valence-electron chi connectivity index (χ3n) is 6.51. The molecule has 3 rings (SSSR count). The van der Waals surface area contributed by atoms with Crippen molar-refractivity contribution >= 4 is 6.47 Å². The van der Waals surface area contributed by atoms with Crippen molar-refractivity contribution in [1.82, 2.24) is 0 Å². The van der Waals surface area contributed by atoms with Crippen molar-refractivity contribution in [3.63, 3.8) is 0 Å². The highest BCUT2D eigenvalue weighted by atomic mass is 16.5. The lowest BCUT2D eigenvalue weighted by Gasteiger charge is -2.13. The Bertz CT molecular complexity index is 644. The van der Waals surface area contributed by atoms with E-state index in [1.807, 2.05) is 6.07 Å². The second kappa shape index (κ2) is 8.53. The number of phenolic OH excluding ortho intramolecular Hbond substituents is 2. The first kappa shape index (κ1) is 20.0. The molecule has 0 aliphatic heterocycles. The fourth-order valence-corrected chi connectivity index (χ4v) is 4.03. The van der Waals surface area contributed by atoms with Gasteiger partial charge in [0.05, 0.1) is 0 Å². The smallest absolute Gasteiger partial charge is 0.293 e. The summed E-state index contributed by atoms with van der Waals surface area (Å²) in [4.78, 5) is 10.5. The van der Waals surface area contributed by atoms with Gasteiger partial charge in [-0.3, -0.25) is 4.79 Å². The maximum atomic E-state index is 10.5. The number of aromatic hydroxyl groups is 2. The minimum atomic E-state index is -0.179. The molecule has 2 N–H and O–H groups in total. The quantitative estimate of drug-likeness (QED) is 0.275. The van der Waals surface area contributed by atoms with Crippen LogP contribution in [-0.2, 0) is 22.4 Å². The van der Waals surface area contributed by atoms with Crippen molar-refractivity contribution < 1.29 is 19.7 Å². The highest BCUT2D eigenvalue weighted by Gasteiger charge is 2.44. The van der Waals surface area contributed by atoms with Crippen LogP contribution in [0.2, 0.25) is 0 Å². The van der Waals surface area contributed by atoms with Crippen LogP contribution in [0.25, 0.3) is 0 Å². The third-order valence-corrected chi connectivity index (χ3v) is 6.51. The van der Waals surface area contributed by atoms with Gasteiger partial charge in [-0.1, -0.05) is 25.8 Å². The molecule has 0 unspecified atom stereocenters. The predicted octanol–water partition coefficient (Wildman–Crippen LogP) is 5.42. The van der Waals surface area contributed by atoms with Crippen LogP contribution in [-0.4, -0.2) is 22.3 Å². The fraction of sp³-hybridized carbons (Fsp3) is 0.696. The predicted molar refractivity (Wildman–Crippen MR) is 106 cm³/mol. The summed E-state index contributed by atoms with van der Waals surface area (Å²) >= 11 is 0. The molecule has 0 bridgehead atoms. The average molecular weight is 375 g/mol. The Morgan fingerprint density at radius 3 is 2.33 bits per heavy atom. The normalized spacial score (nSPS) is 18.9. The molecular formula is C23H34O4. The molecule has 0 spiro atoms. The second-order valence-electron chi connectivity index (χ2n) is 9.10. The molecule has 2 aliphatic rings. The zero-order chi connectivity index (χ0) is 19.3. The lowest BCUT2D eigenvalue weighted by Crippen LogP contribution is -2.12. The topological polar surface area (TPSA) is 66.8 Å². The summed E-state index contributed by atoms with van der Waals surface area (Å²) in [6, 6.07) is 3.73. The zero-order valence-corrected chi connectivity index (χ0v) is 16.6. The Labute approximate surface area is 162 Å². The third kappa shape index (κ3) is 5.88. The van der Waals surface area contributed by atoms with Gasteiger partial charge in [0.15, 0.2) is 11.5 Å². The van der Waals surface area contributed by atoms with Crippen molar-refractivity contribution in [3.8, 4) is 11.5 Å². The molecule has 2 saturated carbocycles. The fourth-order valence-electron chi connectivity index (χ4n) is 4.03. The molecule has 1 aromatic carbocycles. The summed E-state index contributed by atoms with van der Waals surface area (Å²) < 4.78 is 5.18. The minimum absolute atomic E-state index is 0.00376. The molecular weight excluding hydrogens is 340 g/mol. The van der Waals surface area contributed by atoms with E-state index in [-0.39, 0.29) is 17.1 Å². The van der Waals surface area contributed by atoms with E-state index in [1.54, 1.807) is 6.07 Å². The molecule has 0 heterocycles.